The summed E-state index contributed by atoms with van der Waals surface area (Å²) in [5.74, 6) is 1.27. The lowest BCUT2D eigenvalue weighted by Crippen LogP contribution is -2.72. The second-order valence-corrected chi connectivity index (χ2v) is 9.14. The van der Waals surface area contributed by atoms with E-state index in [0.717, 1.165) is 51.6 Å². The van der Waals surface area contributed by atoms with Crippen LogP contribution in [-0.2, 0) is 0 Å². The first-order chi connectivity index (χ1) is 12.1. The summed E-state index contributed by atoms with van der Waals surface area (Å²) >= 11 is 6.25. The minimum atomic E-state index is -0.313. The van der Waals surface area contributed by atoms with Gasteiger partial charge in [0.15, 0.2) is 0 Å². The molecular formula is C18H33ClN4O2. The molecule has 4 fully saturated rings. The van der Waals surface area contributed by atoms with Crippen molar-refractivity contribution in [1.29, 1.82) is 0 Å². The van der Waals surface area contributed by atoms with Crippen molar-refractivity contribution >= 4 is 11.6 Å². The number of hydrogen-bond donors (Lipinski definition) is 6. The Kier molecular flexibility index (Phi) is 5.87. The maximum Gasteiger partial charge on any atom is 0.0751 e. The highest BCUT2D eigenvalue weighted by atomic mass is 35.5. The number of rotatable bonds is 3. The van der Waals surface area contributed by atoms with Crippen LogP contribution in [-0.4, -0.2) is 59.1 Å². The smallest absolute Gasteiger partial charge is 0.0751 e. The normalized spacial score (nSPS) is 51.2. The van der Waals surface area contributed by atoms with E-state index < -0.39 is 0 Å². The Labute approximate surface area is 155 Å². The number of aliphatic hydroxyl groups excluding tert-OH is 2. The van der Waals surface area contributed by atoms with Crippen molar-refractivity contribution in [2.24, 2.45) is 17.8 Å². The van der Waals surface area contributed by atoms with Crippen LogP contribution in [0.5, 0.6) is 0 Å². The van der Waals surface area contributed by atoms with Gasteiger partial charge in [0.05, 0.1) is 18.4 Å². The molecule has 7 unspecified atom stereocenters. The van der Waals surface area contributed by atoms with Crippen molar-refractivity contribution in [3.8, 4) is 0 Å². The fraction of sp³-hybridized carbons (Fsp3) is 1.00. The molecule has 2 saturated carbocycles. The zero-order valence-corrected chi connectivity index (χ0v) is 15.6. The van der Waals surface area contributed by atoms with E-state index in [2.05, 4.69) is 21.5 Å². The first-order valence-electron chi connectivity index (χ1n) is 10.1. The van der Waals surface area contributed by atoms with Crippen LogP contribution in [0.1, 0.15) is 44.9 Å². The van der Waals surface area contributed by atoms with Gasteiger partial charge in [-0.15, -0.1) is 11.6 Å². The third-order valence-electron chi connectivity index (χ3n) is 7.02. The second-order valence-electron chi connectivity index (χ2n) is 8.53. The fourth-order valence-electron chi connectivity index (χ4n) is 5.61. The second kappa shape index (κ2) is 7.97. The monoisotopic (exact) mass is 372 g/mol. The Hall–Kier alpha value is 0.0500. The molecule has 2 aliphatic heterocycles. The van der Waals surface area contributed by atoms with Gasteiger partial charge < -0.3 is 15.5 Å². The maximum atomic E-state index is 10.6. The average Bonchev–Trinajstić information content (AvgIpc) is 3.01. The Morgan fingerprint density at radius 2 is 1.76 bits per heavy atom. The molecule has 0 amide bonds. The van der Waals surface area contributed by atoms with Crippen LogP contribution < -0.4 is 21.5 Å². The van der Waals surface area contributed by atoms with Gasteiger partial charge in [0.25, 0.3) is 0 Å². The third-order valence-corrected chi connectivity index (χ3v) is 7.41. The van der Waals surface area contributed by atoms with Gasteiger partial charge in [0.2, 0.25) is 0 Å². The molecule has 0 radical (unpaired) electrons. The Morgan fingerprint density at radius 3 is 2.52 bits per heavy atom. The van der Waals surface area contributed by atoms with Crippen molar-refractivity contribution in [3.63, 3.8) is 0 Å². The fourth-order valence-corrected chi connectivity index (χ4v) is 5.92. The van der Waals surface area contributed by atoms with Crippen molar-refractivity contribution < 1.29 is 10.2 Å². The molecule has 7 heteroatoms. The quantitative estimate of drug-likeness (QED) is 0.399. The van der Waals surface area contributed by atoms with Gasteiger partial charge >= 0.3 is 0 Å². The van der Waals surface area contributed by atoms with E-state index in [-0.39, 0.29) is 41.8 Å². The number of alkyl halides is 1. The molecule has 4 rings (SSSR count). The highest BCUT2D eigenvalue weighted by Crippen LogP contribution is 2.38. The summed E-state index contributed by atoms with van der Waals surface area (Å²) in [5.41, 5.74) is 7.04. The van der Waals surface area contributed by atoms with Crippen LogP contribution in [0.4, 0.5) is 0 Å². The lowest BCUT2D eigenvalue weighted by Gasteiger charge is -2.51. The van der Waals surface area contributed by atoms with E-state index in [1.54, 1.807) is 0 Å². The van der Waals surface area contributed by atoms with Gasteiger partial charge in [-0.05, 0) is 57.4 Å². The van der Waals surface area contributed by atoms with Crippen LogP contribution in [0.2, 0.25) is 0 Å². The molecule has 0 bridgehead atoms. The standard InChI is InChI=1S/C18H33ClN4O2/c19-10-4-5-12(16(25)8-10)17-11-6-7-20-9-13(11)18(23-22-17)21-14-2-1-3-15(14)24/h10-18,20-25H,1-9H2/t10?,11?,12?,13?,14-,15-,16?,17?,18?/m1/s1. The SMILES string of the molecule is OC1CC(Cl)CCC1C1NNC(N[C@@H]2CCC[C@H]2O)C2CNCCC21. The summed E-state index contributed by atoms with van der Waals surface area (Å²) < 4.78 is 0. The number of fused-ring (bicyclic) bond motifs is 1. The molecule has 0 aromatic heterocycles. The number of hydrogen-bond acceptors (Lipinski definition) is 6. The number of aliphatic hydroxyl groups is 2. The van der Waals surface area contributed by atoms with Gasteiger partial charge in [-0.3, -0.25) is 10.7 Å². The third kappa shape index (κ3) is 3.86. The molecular weight excluding hydrogens is 340 g/mol. The van der Waals surface area contributed by atoms with Gasteiger partial charge in [0.1, 0.15) is 0 Å². The highest BCUT2D eigenvalue weighted by molar-refractivity contribution is 6.20. The summed E-state index contributed by atoms with van der Waals surface area (Å²) in [6.45, 7) is 2.02. The molecule has 0 aromatic carbocycles. The summed E-state index contributed by atoms with van der Waals surface area (Å²) in [6.07, 6.45) is 6.49. The first kappa shape index (κ1) is 18.4. The minimum Gasteiger partial charge on any atom is -0.393 e. The zero-order chi connectivity index (χ0) is 17.4. The number of hydrazine groups is 1. The number of piperidine rings is 1. The molecule has 2 saturated heterocycles. The summed E-state index contributed by atoms with van der Waals surface area (Å²) in [5, 5.41) is 28.1. The lowest BCUT2D eigenvalue weighted by atomic mass is 9.69. The predicted octanol–water partition coefficient (Wildman–Crippen LogP) is 0.286. The topological polar surface area (TPSA) is 88.6 Å². The Morgan fingerprint density at radius 1 is 0.880 bits per heavy atom. The first-order valence-corrected chi connectivity index (χ1v) is 10.5. The van der Waals surface area contributed by atoms with Crippen LogP contribution in [0, 0.1) is 17.8 Å². The summed E-state index contributed by atoms with van der Waals surface area (Å²) in [4.78, 5) is 0. The molecule has 2 heterocycles. The van der Waals surface area contributed by atoms with Crippen molar-refractivity contribution in [1.82, 2.24) is 21.5 Å². The van der Waals surface area contributed by atoms with Crippen LogP contribution >= 0.6 is 11.6 Å². The van der Waals surface area contributed by atoms with E-state index >= 15 is 0 Å². The van der Waals surface area contributed by atoms with Crippen LogP contribution in [0.3, 0.4) is 0 Å². The Balaban J connectivity index is 1.44. The van der Waals surface area contributed by atoms with E-state index in [9.17, 15) is 10.2 Å². The average molecular weight is 373 g/mol. The molecule has 9 atom stereocenters. The van der Waals surface area contributed by atoms with E-state index in [1.807, 2.05) is 0 Å². The predicted molar refractivity (Wildman–Crippen MR) is 98.1 cm³/mol. The molecule has 0 spiro atoms. The molecule has 25 heavy (non-hydrogen) atoms. The molecule has 2 aliphatic carbocycles. The van der Waals surface area contributed by atoms with Gasteiger partial charge in [0, 0.05) is 35.8 Å². The van der Waals surface area contributed by atoms with Crippen molar-refractivity contribution in [3.05, 3.63) is 0 Å². The van der Waals surface area contributed by atoms with Crippen LogP contribution in [0.25, 0.3) is 0 Å². The molecule has 0 aromatic rings. The lowest BCUT2D eigenvalue weighted by molar-refractivity contribution is -0.0237. The van der Waals surface area contributed by atoms with E-state index in [1.165, 1.54) is 0 Å². The molecule has 6 N–H and O–H groups in total. The van der Waals surface area contributed by atoms with Gasteiger partial charge in [-0.1, -0.05) is 0 Å². The highest BCUT2D eigenvalue weighted by Gasteiger charge is 2.47. The van der Waals surface area contributed by atoms with E-state index in [4.69, 9.17) is 11.6 Å². The summed E-state index contributed by atoms with van der Waals surface area (Å²) in [7, 11) is 0. The molecule has 144 valence electrons. The van der Waals surface area contributed by atoms with Crippen molar-refractivity contribution in [2.45, 2.75) is 80.8 Å². The number of nitrogens with one attached hydrogen (secondary N) is 4. The van der Waals surface area contributed by atoms with E-state index in [0.29, 0.717) is 18.3 Å². The van der Waals surface area contributed by atoms with Crippen molar-refractivity contribution in [2.75, 3.05) is 13.1 Å². The molecule has 4 aliphatic rings. The number of halogens is 1. The maximum absolute atomic E-state index is 10.6. The van der Waals surface area contributed by atoms with Gasteiger partial charge in [-0.25, -0.2) is 5.43 Å². The Bertz CT molecular complexity index is 457. The summed E-state index contributed by atoms with van der Waals surface area (Å²) in [6, 6.07) is 0.480. The van der Waals surface area contributed by atoms with Crippen LogP contribution in [0.15, 0.2) is 0 Å². The zero-order valence-electron chi connectivity index (χ0n) is 14.8. The van der Waals surface area contributed by atoms with Gasteiger partial charge in [-0.2, -0.15) is 0 Å². The minimum absolute atomic E-state index is 0.116. The largest absolute Gasteiger partial charge is 0.393 e. The molecule has 6 nitrogen and oxygen atoms in total.